The number of hydrogen-bond acceptors (Lipinski definition) is 2. The average molecular weight is 196 g/mol. The van der Waals surface area contributed by atoms with E-state index in [1.54, 1.807) is 0 Å². The summed E-state index contributed by atoms with van der Waals surface area (Å²) in [6, 6.07) is 0. The number of amides is 1. The van der Waals surface area contributed by atoms with Crippen LogP contribution in [0.2, 0.25) is 0 Å². The summed E-state index contributed by atoms with van der Waals surface area (Å²) in [6.45, 7) is 6.96. The van der Waals surface area contributed by atoms with Crippen LogP contribution in [0.5, 0.6) is 0 Å². The molecule has 3 heteroatoms. The normalized spacial score (nSPS) is 34.1. The minimum Gasteiger partial charge on any atom is -0.355 e. The van der Waals surface area contributed by atoms with Crippen LogP contribution >= 0.6 is 0 Å². The summed E-state index contributed by atoms with van der Waals surface area (Å²) in [5.74, 6) is 0.232. The molecule has 3 nitrogen and oxygen atoms in total. The van der Waals surface area contributed by atoms with E-state index >= 15 is 0 Å². The van der Waals surface area contributed by atoms with Crippen LogP contribution in [0.4, 0.5) is 0 Å². The lowest BCUT2D eigenvalue weighted by Gasteiger charge is -2.22. The lowest BCUT2D eigenvalue weighted by molar-refractivity contribution is -0.129. The van der Waals surface area contributed by atoms with Crippen molar-refractivity contribution in [1.29, 1.82) is 0 Å². The molecule has 1 unspecified atom stereocenters. The van der Waals surface area contributed by atoms with Gasteiger partial charge in [-0.3, -0.25) is 4.79 Å². The first-order chi connectivity index (χ1) is 6.54. The fourth-order valence-electron chi connectivity index (χ4n) is 1.91. The molecule has 0 radical (unpaired) electrons. The Morgan fingerprint density at radius 1 is 1.36 bits per heavy atom. The van der Waals surface area contributed by atoms with Gasteiger partial charge in [0.25, 0.3) is 0 Å². The molecule has 1 aliphatic carbocycles. The van der Waals surface area contributed by atoms with Gasteiger partial charge >= 0.3 is 0 Å². The third-order valence-electron chi connectivity index (χ3n) is 3.70. The maximum atomic E-state index is 11.9. The molecule has 0 aromatic rings. The Kier molecular flexibility index (Phi) is 2.30. The molecule has 0 aromatic heterocycles. The van der Waals surface area contributed by atoms with E-state index in [9.17, 15) is 4.79 Å². The molecule has 0 bridgehead atoms. The molecule has 2 aliphatic rings. The quantitative estimate of drug-likeness (QED) is 0.704. The zero-order chi connectivity index (χ0) is 10.2. The summed E-state index contributed by atoms with van der Waals surface area (Å²) in [6.07, 6.45) is 3.50. The SMILES string of the molecule is CC1(CNC(=O)C2(C)CCNC2)CC1. The van der Waals surface area contributed by atoms with Crippen LogP contribution in [0.1, 0.15) is 33.1 Å². The first-order valence-corrected chi connectivity index (χ1v) is 5.53. The molecule has 2 N–H and O–H groups in total. The van der Waals surface area contributed by atoms with Crippen LogP contribution in [0.3, 0.4) is 0 Å². The maximum Gasteiger partial charge on any atom is 0.227 e. The summed E-state index contributed by atoms with van der Waals surface area (Å²) >= 11 is 0. The van der Waals surface area contributed by atoms with Crippen LogP contribution in [0, 0.1) is 10.8 Å². The van der Waals surface area contributed by atoms with Gasteiger partial charge in [-0.1, -0.05) is 6.92 Å². The largest absolute Gasteiger partial charge is 0.355 e. The molecule has 2 rings (SSSR count). The predicted octanol–water partition coefficient (Wildman–Crippen LogP) is 0.902. The predicted molar refractivity (Wildman–Crippen MR) is 55.9 cm³/mol. The van der Waals surface area contributed by atoms with E-state index in [-0.39, 0.29) is 11.3 Å². The molecule has 1 amide bonds. The van der Waals surface area contributed by atoms with E-state index in [0.29, 0.717) is 5.41 Å². The van der Waals surface area contributed by atoms with Gasteiger partial charge in [-0.15, -0.1) is 0 Å². The number of rotatable bonds is 3. The van der Waals surface area contributed by atoms with Crippen molar-refractivity contribution < 1.29 is 4.79 Å². The van der Waals surface area contributed by atoms with E-state index in [2.05, 4.69) is 24.5 Å². The van der Waals surface area contributed by atoms with Gasteiger partial charge in [-0.2, -0.15) is 0 Å². The van der Waals surface area contributed by atoms with E-state index in [4.69, 9.17) is 0 Å². The molecule has 1 atom stereocenters. The smallest absolute Gasteiger partial charge is 0.227 e. The van der Waals surface area contributed by atoms with Crippen molar-refractivity contribution in [1.82, 2.24) is 10.6 Å². The lowest BCUT2D eigenvalue weighted by atomic mass is 9.88. The number of carbonyl (C=O) groups excluding carboxylic acids is 1. The van der Waals surface area contributed by atoms with Crippen LogP contribution in [0.15, 0.2) is 0 Å². The third-order valence-corrected chi connectivity index (χ3v) is 3.70. The molecule has 1 saturated heterocycles. The molecule has 14 heavy (non-hydrogen) atoms. The van der Waals surface area contributed by atoms with Gasteiger partial charge < -0.3 is 10.6 Å². The van der Waals surface area contributed by atoms with Crippen LogP contribution in [0.25, 0.3) is 0 Å². The standard InChI is InChI=1S/C11H20N2O/c1-10(3-4-10)7-13-9(14)11(2)5-6-12-8-11/h12H,3-8H2,1-2H3,(H,13,14). The second kappa shape index (κ2) is 3.23. The Hall–Kier alpha value is -0.570. The Labute approximate surface area is 85.6 Å². The van der Waals surface area contributed by atoms with Crippen molar-refractivity contribution in [3.63, 3.8) is 0 Å². The minimum absolute atomic E-state index is 0.161. The summed E-state index contributed by atoms with van der Waals surface area (Å²) in [4.78, 5) is 11.9. The summed E-state index contributed by atoms with van der Waals surface area (Å²) in [7, 11) is 0. The van der Waals surface area contributed by atoms with E-state index < -0.39 is 0 Å². The summed E-state index contributed by atoms with van der Waals surface area (Å²) < 4.78 is 0. The van der Waals surface area contributed by atoms with Crippen LogP contribution in [-0.4, -0.2) is 25.5 Å². The molecule has 2 fully saturated rings. The molecular weight excluding hydrogens is 176 g/mol. The highest BCUT2D eigenvalue weighted by Crippen LogP contribution is 2.44. The maximum absolute atomic E-state index is 11.9. The fourth-order valence-corrected chi connectivity index (χ4v) is 1.91. The summed E-state index contributed by atoms with van der Waals surface area (Å²) in [5.41, 5.74) is 0.253. The topological polar surface area (TPSA) is 41.1 Å². The first kappa shape index (κ1) is 9.97. The molecular formula is C11H20N2O. The van der Waals surface area contributed by atoms with Crippen LogP contribution in [-0.2, 0) is 4.79 Å². The summed E-state index contributed by atoms with van der Waals surface area (Å²) in [5, 5.41) is 6.33. The zero-order valence-electron chi connectivity index (χ0n) is 9.15. The Bertz CT molecular complexity index is 240. The monoisotopic (exact) mass is 196 g/mol. The van der Waals surface area contributed by atoms with Crippen molar-refractivity contribution in [2.24, 2.45) is 10.8 Å². The van der Waals surface area contributed by atoms with Gasteiger partial charge in [0.05, 0.1) is 5.41 Å². The highest BCUT2D eigenvalue weighted by Gasteiger charge is 2.40. The van der Waals surface area contributed by atoms with Crippen molar-refractivity contribution in [2.75, 3.05) is 19.6 Å². The first-order valence-electron chi connectivity index (χ1n) is 5.53. The van der Waals surface area contributed by atoms with Gasteiger partial charge in [0.2, 0.25) is 5.91 Å². The Morgan fingerprint density at radius 2 is 2.07 bits per heavy atom. The van der Waals surface area contributed by atoms with E-state index in [0.717, 1.165) is 26.1 Å². The second-order valence-electron chi connectivity index (χ2n) is 5.48. The highest BCUT2D eigenvalue weighted by molar-refractivity contribution is 5.82. The van der Waals surface area contributed by atoms with E-state index in [1.807, 2.05) is 0 Å². The third kappa shape index (κ3) is 1.92. The number of carbonyl (C=O) groups is 1. The molecule has 0 aromatic carbocycles. The fraction of sp³-hybridized carbons (Fsp3) is 0.909. The lowest BCUT2D eigenvalue weighted by Crippen LogP contribution is -2.42. The highest BCUT2D eigenvalue weighted by atomic mass is 16.2. The van der Waals surface area contributed by atoms with Gasteiger partial charge in [-0.25, -0.2) is 0 Å². The molecule has 0 spiro atoms. The second-order valence-corrected chi connectivity index (χ2v) is 5.48. The number of hydrogen-bond donors (Lipinski definition) is 2. The average Bonchev–Trinajstić information content (AvgIpc) is 2.71. The van der Waals surface area contributed by atoms with E-state index in [1.165, 1.54) is 12.8 Å². The molecule has 1 heterocycles. The molecule has 80 valence electrons. The van der Waals surface area contributed by atoms with Crippen molar-refractivity contribution in [3.05, 3.63) is 0 Å². The van der Waals surface area contributed by atoms with Gasteiger partial charge in [0, 0.05) is 13.1 Å². The van der Waals surface area contributed by atoms with Gasteiger partial charge in [0.1, 0.15) is 0 Å². The van der Waals surface area contributed by atoms with Crippen LogP contribution < -0.4 is 10.6 Å². The minimum atomic E-state index is -0.161. The van der Waals surface area contributed by atoms with Crippen molar-refractivity contribution in [2.45, 2.75) is 33.1 Å². The Balaban J connectivity index is 1.82. The van der Waals surface area contributed by atoms with Gasteiger partial charge in [-0.05, 0) is 38.1 Å². The molecule has 1 aliphatic heterocycles. The Morgan fingerprint density at radius 3 is 2.57 bits per heavy atom. The zero-order valence-corrected chi connectivity index (χ0v) is 9.15. The number of nitrogens with one attached hydrogen (secondary N) is 2. The van der Waals surface area contributed by atoms with Gasteiger partial charge in [0.15, 0.2) is 0 Å². The van der Waals surface area contributed by atoms with Crippen molar-refractivity contribution in [3.8, 4) is 0 Å². The van der Waals surface area contributed by atoms with Crippen molar-refractivity contribution >= 4 is 5.91 Å². The molecule has 1 saturated carbocycles.